The van der Waals surface area contributed by atoms with Crippen LogP contribution in [0.25, 0.3) is 6.08 Å². The maximum atomic E-state index is 11.1. The average Bonchev–Trinajstić information content (AvgIpc) is 2.38. The molecule has 4 heteroatoms. The highest BCUT2D eigenvalue weighted by Crippen LogP contribution is 2.06. The third-order valence-electron chi connectivity index (χ3n) is 2.33. The summed E-state index contributed by atoms with van der Waals surface area (Å²) in [4.78, 5) is 11.1. The van der Waals surface area contributed by atoms with E-state index in [9.17, 15) is 9.90 Å². The van der Waals surface area contributed by atoms with Crippen molar-refractivity contribution in [2.45, 2.75) is 12.5 Å². The molecular formula is C14H18O4. The Hall–Kier alpha value is -1.65. The summed E-state index contributed by atoms with van der Waals surface area (Å²) in [6, 6.07) is 9.79. The molecule has 0 radical (unpaired) electrons. The molecule has 0 saturated carbocycles. The molecule has 1 N–H and O–H groups in total. The minimum atomic E-state index is -1.60. The minimum absolute atomic E-state index is 0.0984. The lowest BCUT2D eigenvalue weighted by molar-refractivity contribution is -0.165. The number of carbonyl (C=O) groups excluding carboxylic acids is 1. The molecule has 0 bridgehead atoms. The van der Waals surface area contributed by atoms with Gasteiger partial charge in [0, 0.05) is 0 Å². The predicted octanol–water partition coefficient (Wildman–Crippen LogP) is 1.64. The van der Waals surface area contributed by atoms with Crippen LogP contribution in [0.3, 0.4) is 0 Å². The Morgan fingerprint density at radius 1 is 1.39 bits per heavy atom. The van der Waals surface area contributed by atoms with Gasteiger partial charge < -0.3 is 14.6 Å². The second kappa shape index (κ2) is 6.93. The fourth-order valence-corrected chi connectivity index (χ4v) is 1.35. The lowest BCUT2D eigenvalue weighted by Gasteiger charge is -2.19. The second-order valence-corrected chi connectivity index (χ2v) is 4.09. The van der Waals surface area contributed by atoms with Gasteiger partial charge in [-0.15, -0.1) is 0 Å². The van der Waals surface area contributed by atoms with Gasteiger partial charge in [0.25, 0.3) is 0 Å². The van der Waals surface area contributed by atoms with Crippen LogP contribution in [-0.2, 0) is 14.3 Å². The number of aliphatic hydroxyl groups is 1. The molecule has 1 aromatic carbocycles. The van der Waals surface area contributed by atoms with Crippen LogP contribution in [0.15, 0.2) is 36.4 Å². The number of methoxy groups -OCH3 is 1. The highest BCUT2D eigenvalue weighted by Gasteiger charge is 2.31. The monoisotopic (exact) mass is 250 g/mol. The van der Waals surface area contributed by atoms with Gasteiger partial charge in [-0.05, 0) is 12.5 Å². The zero-order chi connectivity index (χ0) is 13.4. The number of rotatable bonds is 6. The molecule has 1 atom stereocenters. The maximum Gasteiger partial charge on any atom is 0.339 e. The average molecular weight is 250 g/mol. The fourth-order valence-electron chi connectivity index (χ4n) is 1.35. The van der Waals surface area contributed by atoms with E-state index >= 15 is 0 Å². The van der Waals surface area contributed by atoms with Gasteiger partial charge in [-0.2, -0.15) is 0 Å². The Bertz CT molecular complexity index is 396. The summed E-state index contributed by atoms with van der Waals surface area (Å²) in [5.41, 5.74) is -0.532. The van der Waals surface area contributed by atoms with Crippen molar-refractivity contribution in [3.05, 3.63) is 42.0 Å². The molecule has 0 saturated heterocycles. The van der Waals surface area contributed by atoms with Crippen molar-refractivity contribution in [2.75, 3.05) is 20.3 Å². The molecule has 0 fully saturated rings. The van der Waals surface area contributed by atoms with Gasteiger partial charge in [0.15, 0.2) is 5.60 Å². The molecule has 18 heavy (non-hydrogen) atoms. The van der Waals surface area contributed by atoms with E-state index in [2.05, 4.69) is 4.74 Å². The third kappa shape index (κ3) is 4.69. The Morgan fingerprint density at radius 2 is 2.06 bits per heavy atom. The Morgan fingerprint density at radius 3 is 2.67 bits per heavy atom. The van der Waals surface area contributed by atoms with Gasteiger partial charge in [0.1, 0.15) is 0 Å². The molecule has 0 amide bonds. The smallest absolute Gasteiger partial charge is 0.339 e. The van der Waals surface area contributed by atoms with Gasteiger partial charge in [0.05, 0.1) is 20.3 Å². The van der Waals surface area contributed by atoms with Crippen LogP contribution in [0.1, 0.15) is 12.5 Å². The summed E-state index contributed by atoms with van der Waals surface area (Å²) < 4.78 is 9.66. The Labute approximate surface area is 107 Å². The molecular weight excluding hydrogens is 232 g/mol. The van der Waals surface area contributed by atoms with E-state index in [1.54, 1.807) is 0 Å². The first-order chi connectivity index (χ1) is 8.56. The maximum absolute atomic E-state index is 11.1. The summed E-state index contributed by atoms with van der Waals surface area (Å²) in [6.07, 6.45) is 3.73. The van der Waals surface area contributed by atoms with Crippen molar-refractivity contribution in [3.63, 3.8) is 0 Å². The molecule has 0 aliphatic rings. The van der Waals surface area contributed by atoms with E-state index in [1.165, 1.54) is 14.0 Å². The lowest BCUT2D eigenvalue weighted by Crippen LogP contribution is -2.41. The number of ether oxygens (including phenoxy) is 2. The van der Waals surface area contributed by atoms with Crippen molar-refractivity contribution in [2.24, 2.45) is 0 Å². The Balaban J connectivity index is 2.31. The quantitative estimate of drug-likeness (QED) is 0.616. The first kappa shape index (κ1) is 14.4. The van der Waals surface area contributed by atoms with Crippen molar-refractivity contribution in [1.29, 1.82) is 0 Å². The molecule has 0 aliphatic carbocycles. The number of hydrogen-bond acceptors (Lipinski definition) is 4. The van der Waals surface area contributed by atoms with Gasteiger partial charge >= 0.3 is 5.97 Å². The van der Waals surface area contributed by atoms with Crippen molar-refractivity contribution in [1.82, 2.24) is 0 Å². The second-order valence-electron chi connectivity index (χ2n) is 4.09. The highest BCUT2D eigenvalue weighted by molar-refractivity contribution is 5.78. The zero-order valence-electron chi connectivity index (χ0n) is 10.6. The fraction of sp³-hybridized carbons (Fsp3) is 0.357. The summed E-state index contributed by atoms with van der Waals surface area (Å²) in [7, 11) is 1.23. The molecule has 0 heterocycles. The summed E-state index contributed by atoms with van der Waals surface area (Å²) in [5, 5.41) is 9.68. The lowest BCUT2D eigenvalue weighted by atomic mass is 10.1. The van der Waals surface area contributed by atoms with Crippen molar-refractivity contribution in [3.8, 4) is 0 Å². The largest absolute Gasteiger partial charge is 0.467 e. The highest BCUT2D eigenvalue weighted by atomic mass is 16.6. The zero-order valence-corrected chi connectivity index (χ0v) is 10.6. The van der Waals surface area contributed by atoms with Crippen LogP contribution in [0, 0.1) is 0 Å². The van der Waals surface area contributed by atoms with Crippen molar-refractivity contribution < 1.29 is 19.4 Å². The molecule has 0 aromatic heterocycles. The van der Waals surface area contributed by atoms with E-state index in [1.807, 2.05) is 42.5 Å². The minimum Gasteiger partial charge on any atom is -0.467 e. The third-order valence-corrected chi connectivity index (χ3v) is 2.33. The standard InChI is InChI=1S/C14H18O4/c1-14(16,13(15)17-2)11-18-10-6-9-12-7-4-3-5-8-12/h3-9,16H,10-11H2,1-2H3. The van der Waals surface area contributed by atoms with Crippen LogP contribution >= 0.6 is 0 Å². The first-order valence-corrected chi connectivity index (χ1v) is 5.66. The molecule has 1 rings (SSSR count). The van der Waals surface area contributed by atoms with Gasteiger partial charge in [0.2, 0.25) is 0 Å². The first-order valence-electron chi connectivity index (χ1n) is 5.66. The van der Waals surface area contributed by atoms with Gasteiger partial charge in [-0.1, -0.05) is 42.5 Å². The van der Waals surface area contributed by atoms with Crippen LogP contribution in [-0.4, -0.2) is 37.0 Å². The molecule has 1 aromatic rings. The molecule has 0 aliphatic heterocycles. The number of carbonyl (C=O) groups is 1. The van der Waals surface area contributed by atoms with Crippen LogP contribution < -0.4 is 0 Å². The van der Waals surface area contributed by atoms with E-state index in [0.717, 1.165) is 5.56 Å². The van der Waals surface area contributed by atoms with Crippen LogP contribution in [0.5, 0.6) is 0 Å². The normalized spacial score (nSPS) is 14.4. The number of esters is 1. The van der Waals surface area contributed by atoms with E-state index in [4.69, 9.17) is 4.74 Å². The molecule has 1 unspecified atom stereocenters. The SMILES string of the molecule is COC(=O)C(C)(O)COCC=Cc1ccccc1. The predicted molar refractivity (Wildman–Crippen MR) is 68.9 cm³/mol. The topological polar surface area (TPSA) is 55.8 Å². The summed E-state index contributed by atoms with van der Waals surface area (Å²) in [6.45, 7) is 1.58. The summed E-state index contributed by atoms with van der Waals surface area (Å²) in [5.74, 6) is -0.700. The number of benzene rings is 1. The van der Waals surface area contributed by atoms with E-state index < -0.39 is 11.6 Å². The van der Waals surface area contributed by atoms with Gasteiger partial charge in [-0.25, -0.2) is 4.79 Å². The van der Waals surface area contributed by atoms with E-state index in [-0.39, 0.29) is 6.61 Å². The van der Waals surface area contributed by atoms with Crippen LogP contribution in [0.4, 0.5) is 0 Å². The van der Waals surface area contributed by atoms with Crippen molar-refractivity contribution >= 4 is 12.0 Å². The Kier molecular flexibility index (Phi) is 5.55. The molecule has 98 valence electrons. The summed E-state index contributed by atoms with van der Waals surface area (Å²) >= 11 is 0. The van der Waals surface area contributed by atoms with Gasteiger partial charge in [-0.3, -0.25) is 0 Å². The van der Waals surface area contributed by atoms with E-state index in [0.29, 0.717) is 6.61 Å². The molecule has 4 nitrogen and oxygen atoms in total. The number of hydrogen-bond donors (Lipinski definition) is 1. The van der Waals surface area contributed by atoms with Crippen LogP contribution in [0.2, 0.25) is 0 Å². The molecule has 0 spiro atoms.